The normalized spacial score (nSPS) is 16.0. The molecule has 3 aromatic rings. The van der Waals surface area contributed by atoms with Crippen LogP contribution in [0.2, 0.25) is 0 Å². The van der Waals surface area contributed by atoms with Gasteiger partial charge in [-0.05, 0) is 41.5 Å². The van der Waals surface area contributed by atoms with Crippen LogP contribution < -0.4 is 0 Å². The molecule has 23 heavy (non-hydrogen) atoms. The Morgan fingerprint density at radius 3 is 2.52 bits per heavy atom. The minimum absolute atomic E-state index is 0.209. The summed E-state index contributed by atoms with van der Waals surface area (Å²) in [6.45, 7) is 4.34. The number of halogens is 1. The Labute approximate surface area is 134 Å². The lowest BCUT2D eigenvalue weighted by atomic mass is 10.0. The molecule has 1 fully saturated rings. The molecule has 2 heterocycles. The summed E-state index contributed by atoms with van der Waals surface area (Å²) in [4.78, 5) is 5.92. The summed E-state index contributed by atoms with van der Waals surface area (Å²) in [7, 11) is 0. The van der Waals surface area contributed by atoms with Crippen LogP contribution in [0.5, 0.6) is 0 Å². The van der Waals surface area contributed by atoms with Gasteiger partial charge in [0.15, 0.2) is 0 Å². The largest absolute Gasteiger partial charge is 0.379 e. The van der Waals surface area contributed by atoms with Gasteiger partial charge in [0, 0.05) is 30.5 Å². The zero-order valence-corrected chi connectivity index (χ0v) is 12.9. The lowest BCUT2D eigenvalue weighted by molar-refractivity contribution is 0.0344. The summed E-state index contributed by atoms with van der Waals surface area (Å²) in [5.41, 5.74) is 4.49. The molecule has 3 nitrogen and oxygen atoms in total. The van der Waals surface area contributed by atoms with Gasteiger partial charge in [-0.1, -0.05) is 18.2 Å². The first-order valence-electron chi connectivity index (χ1n) is 7.97. The zero-order chi connectivity index (χ0) is 15.6. The van der Waals surface area contributed by atoms with Gasteiger partial charge in [0.1, 0.15) is 5.82 Å². The second-order valence-corrected chi connectivity index (χ2v) is 5.92. The van der Waals surface area contributed by atoms with Gasteiger partial charge in [0.05, 0.1) is 18.9 Å². The number of benzene rings is 2. The number of ether oxygens (including phenoxy) is 1. The molecule has 1 aromatic heterocycles. The fraction of sp³-hybridized carbons (Fsp3) is 0.263. The van der Waals surface area contributed by atoms with E-state index in [0.29, 0.717) is 0 Å². The highest BCUT2D eigenvalue weighted by Gasteiger charge is 2.18. The third-order valence-electron chi connectivity index (χ3n) is 4.43. The number of nitrogens with one attached hydrogen (secondary N) is 1. The van der Waals surface area contributed by atoms with Gasteiger partial charge in [-0.15, -0.1) is 0 Å². The predicted octanol–water partition coefficient (Wildman–Crippen LogP) is 3.81. The van der Waals surface area contributed by atoms with Gasteiger partial charge in [0.25, 0.3) is 0 Å². The number of para-hydroxylation sites is 1. The number of aromatic nitrogens is 1. The molecule has 0 amide bonds. The topological polar surface area (TPSA) is 28.3 Å². The van der Waals surface area contributed by atoms with E-state index < -0.39 is 0 Å². The number of hydrogen-bond acceptors (Lipinski definition) is 2. The monoisotopic (exact) mass is 310 g/mol. The average Bonchev–Trinajstić information content (AvgIpc) is 2.95. The van der Waals surface area contributed by atoms with Gasteiger partial charge in [-0.3, -0.25) is 4.90 Å². The molecule has 1 aliphatic rings. The van der Waals surface area contributed by atoms with E-state index in [1.807, 2.05) is 18.2 Å². The second kappa shape index (κ2) is 6.14. The number of morpholine rings is 1. The quantitative estimate of drug-likeness (QED) is 0.797. The van der Waals surface area contributed by atoms with E-state index in [9.17, 15) is 4.39 Å². The Morgan fingerprint density at radius 2 is 1.74 bits per heavy atom. The van der Waals surface area contributed by atoms with Gasteiger partial charge in [0.2, 0.25) is 0 Å². The van der Waals surface area contributed by atoms with Crippen LogP contribution in [0, 0.1) is 5.82 Å². The van der Waals surface area contributed by atoms with Crippen molar-refractivity contribution in [3.8, 4) is 11.3 Å². The van der Waals surface area contributed by atoms with Gasteiger partial charge < -0.3 is 9.72 Å². The lowest BCUT2D eigenvalue weighted by Gasteiger charge is -2.26. The minimum Gasteiger partial charge on any atom is -0.379 e. The summed E-state index contributed by atoms with van der Waals surface area (Å²) in [5, 5.41) is 1.23. The Balaban J connectivity index is 1.79. The van der Waals surface area contributed by atoms with Gasteiger partial charge in [-0.25, -0.2) is 4.39 Å². The highest BCUT2D eigenvalue weighted by Crippen LogP contribution is 2.31. The summed E-state index contributed by atoms with van der Waals surface area (Å²) < 4.78 is 18.7. The molecule has 1 N–H and O–H groups in total. The average molecular weight is 310 g/mol. The molecule has 0 unspecified atom stereocenters. The molecule has 2 aromatic carbocycles. The molecule has 0 saturated carbocycles. The van der Waals surface area contributed by atoms with E-state index in [1.165, 1.54) is 23.1 Å². The maximum absolute atomic E-state index is 13.2. The number of rotatable bonds is 3. The maximum atomic E-state index is 13.2. The third kappa shape index (κ3) is 2.87. The summed E-state index contributed by atoms with van der Waals surface area (Å²) >= 11 is 0. The molecule has 0 bridgehead atoms. The van der Waals surface area contributed by atoms with E-state index in [0.717, 1.165) is 49.6 Å². The zero-order valence-electron chi connectivity index (χ0n) is 12.9. The van der Waals surface area contributed by atoms with Crippen molar-refractivity contribution in [3.63, 3.8) is 0 Å². The molecule has 118 valence electrons. The van der Waals surface area contributed by atoms with Gasteiger partial charge >= 0.3 is 0 Å². The fourth-order valence-corrected chi connectivity index (χ4v) is 3.21. The summed E-state index contributed by atoms with van der Waals surface area (Å²) in [6, 6.07) is 15.0. The Bertz CT molecular complexity index is 804. The molecule has 1 aliphatic heterocycles. The molecule has 1 saturated heterocycles. The Morgan fingerprint density at radius 1 is 1.00 bits per heavy atom. The SMILES string of the molecule is Fc1ccc(-c2[nH]c3ccccc3c2CN2CCOCC2)cc1. The van der Waals surface area contributed by atoms with Crippen molar-refractivity contribution in [3.05, 3.63) is 59.9 Å². The first-order valence-corrected chi connectivity index (χ1v) is 7.97. The molecular formula is C19H19FN2O. The first kappa shape index (κ1) is 14.4. The number of fused-ring (bicyclic) bond motifs is 1. The highest BCUT2D eigenvalue weighted by atomic mass is 19.1. The molecular weight excluding hydrogens is 291 g/mol. The van der Waals surface area contributed by atoms with Crippen LogP contribution in [-0.2, 0) is 11.3 Å². The summed E-state index contributed by atoms with van der Waals surface area (Å²) in [6.07, 6.45) is 0. The van der Waals surface area contributed by atoms with Crippen molar-refractivity contribution in [1.29, 1.82) is 0 Å². The van der Waals surface area contributed by atoms with Crippen molar-refractivity contribution in [2.45, 2.75) is 6.54 Å². The maximum Gasteiger partial charge on any atom is 0.123 e. The Hall–Kier alpha value is -2.17. The van der Waals surface area contributed by atoms with Crippen molar-refractivity contribution in [1.82, 2.24) is 9.88 Å². The smallest absolute Gasteiger partial charge is 0.123 e. The molecule has 0 spiro atoms. The van der Waals surface area contributed by atoms with Crippen LogP contribution in [0.1, 0.15) is 5.56 Å². The predicted molar refractivity (Wildman–Crippen MR) is 89.8 cm³/mol. The van der Waals surface area contributed by atoms with Crippen molar-refractivity contribution >= 4 is 10.9 Å². The van der Waals surface area contributed by atoms with Gasteiger partial charge in [-0.2, -0.15) is 0 Å². The van der Waals surface area contributed by atoms with Crippen molar-refractivity contribution < 1.29 is 9.13 Å². The van der Waals surface area contributed by atoms with Crippen LogP contribution in [0.25, 0.3) is 22.2 Å². The molecule has 4 heteroatoms. The van der Waals surface area contributed by atoms with E-state index >= 15 is 0 Å². The molecule has 0 atom stereocenters. The molecule has 4 rings (SSSR count). The van der Waals surface area contributed by atoms with Crippen LogP contribution in [0.4, 0.5) is 4.39 Å². The van der Waals surface area contributed by atoms with Crippen molar-refractivity contribution in [2.24, 2.45) is 0 Å². The van der Waals surface area contributed by atoms with Crippen molar-refractivity contribution in [2.75, 3.05) is 26.3 Å². The van der Waals surface area contributed by atoms with Crippen LogP contribution in [-0.4, -0.2) is 36.2 Å². The number of nitrogens with zero attached hydrogens (tertiary/aromatic N) is 1. The van der Waals surface area contributed by atoms with E-state index in [4.69, 9.17) is 4.74 Å². The van der Waals surface area contributed by atoms with E-state index in [1.54, 1.807) is 0 Å². The Kier molecular flexibility index (Phi) is 3.85. The van der Waals surface area contributed by atoms with Crippen LogP contribution >= 0.6 is 0 Å². The fourth-order valence-electron chi connectivity index (χ4n) is 3.21. The minimum atomic E-state index is -0.209. The standard InChI is InChI=1S/C19H19FN2O/c20-15-7-5-14(6-8-15)19-17(13-22-9-11-23-12-10-22)16-3-1-2-4-18(16)21-19/h1-8,21H,9-13H2. The number of aromatic amines is 1. The van der Waals surface area contributed by atoms with E-state index in [2.05, 4.69) is 28.1 Å². The first-order chi connectivity index (χ1) is 11.3. The molecule has 0 radical (unpaired) electrons. The van der Waals surface area contributed by atoms with Crippen LogP contribution in [0.15, 0.2) is 48.5 Å². The second-order valence-electron chi connectivity index (χ2n) is 5.92. The molecule has 0 aliphatic carbocycles. The van der Waals surface area contributed by atoms with E-state index in [-0.39, 0.29) is 5.82 Å². The number of H-pyrrole nitrogens is 1. The lowest BCUT2D eigenvalue weighted by Crippen LogP contribution is -2.35. The number of hydrogen-bond donors (Lipinski definition) is 1. The van der Waals surface area contributed by atoms with Crippen LogP contribution in [0.3, 0.4) is 0 Å². The highest BCUT2D eigenvalue weighted by molar-refractivity contribution is 5.90. The summed E-state index contributed by atoms with van der Waals surface area (Å²) in [5.74, 6) is -0.209. The third-order valence-corrected chi connectivity index (χ3v) is 4.43.